The van der Waals surface area contributed by atoms with Crippen LogP contribution in [-0.2, 0) is 19.8 Å². The summed E-state index contributed by atoms with van der Waals surface area (Å²) in [7, 11) is 0. The van der Waals surface area contributed by atoms with Gasteiger partial charge in [0.1, 0.15) is 37.1 Å². The molecule has 0 fully saturated rings. The van der Waals surface area contributed by atoms with E-state index in [9.17, 15) is 0 Å². The molecule has 0 saturated carbocycles. The van der Waals surface area contributed by atoms with Crippen LogP contribution in [0.15, 0.2) is 146 Å². The largest absolute Gasteiger partial charge is 0.489 e. The standard InChI is InChI=1S/C45H33N3O3/c1-4-10-28(11-5-1)25-49-31-16-19-34-37(22-31)46-43-40(34)44-42(36-21-18-33(24-39(36)47-44)51-27-30-14-8-3-9-15-30)45-41(43)35-20-17-32(23-38(35)48-45)50-26-29-12-6-2-7-13-29/h1-24,46-48H,25-27H2. The zero-order chi connectivity index (χ0) is 33.7. The van der Waals surface area contributed by atoms with Crippen molar-refractivity contribution in [1.29, 1.82) is 0 Å². The van der Waals surface area contributed by atoms with Crippen molar-refractivity contribution in [2.24, 2.45) is 0 Å². The summed E-state index contributed by atoms with van der Waals surface area (Å²) in [6, 6.07) is 49.8. The van der Waals surface area contributed by atoms with Crippen LogP contribution in [0.25, 0.3) is 65.4 Å². The number of hydrogen-bond acceptors (Lipinski definition) is 3. The maximum atomic E-state index is 6.25. The zero-order valence-corrected chi connectivity index (χ0v) is 27.7. The summed E-state index contributed by atoms with van der Waals surface area (Å²) in [4.78, 5) is 11.4. The Labute approximate surface area is 293 Å². The van der Waals surface area contributed by atoms with Gasteiger partial charge < -0.3 is 29.2 Å². The van der Waals surface area contributed by atoms with Crippen LogP contribution in [0.1, 0.15) is 16.7 Å². The van der Waals surface area contributed by atoms with Gasteiger partial charge in [-0.05, 0) is 53.1 Å². The highest BCUT2D eigenvalue weighted by Gasteiger charge is 2.21. The molecule has 6 heteroatoms. The number of benzene rings is 7. The van der Waals surface area contributed by atoms with Crippen molar-refractivity contribution >= 4 is 65.4 Å². The van der Waals surface area contributed by atoms with Crippen molar-refractivity contribution in [3.8, 4) is 17.2 Å². The van der Waals surface area contributed by atoms with E-state index in [4.69, 9.17) is 14.2 Å². The number of aromatic amines is 3. The van der Waals surface area contributed by atoms with Gasteiger partial charge in [0, 0.05) is 50.5 Å². The first kappa shape index (κ1) is 29.3. The normalized spacial score (nSPS) is 11.8. The fourth-order valence-electron chi connectivity index (χ4n) is 7.36. The lowest BCUT2D eigenvalue weighted by Gasteiger charge is -2.06. The lowest BCUT2D eigenvalue weighted by Crippen LogP contribution is -1.94. The molecule has 0 unspecified atom stereocenters. The number of aromatic nitrogens is 3. The predicted octanol–water partition coefficient (Wildman–Crippen LogP) is 11.3. The summed E-state index contributed by atoms with van der Waals surface area (Å²) < 4.78 is 18.7. The summed E-state index contributed by atoms with van der Waals surface area (Å²) >= 11 is 0. The first-order chi connectivity index (χ1) is 25.2. The molecular weight excluding hydrogens is 631 g/mol. The Hall–Kier alpha value is -6.66. The first-order valence-electron chi connectivity index (χ1n) is 17.2. The lowest BCUT2D eigenvalue weighted by molar-refractivity contribution is 0.306. The van der Waals surface area contributed by atoms with E-state index < -0.39 is 0 Å². The van der Waals surface area contributed by atoms with Gasteiger partial charge in [-0.15, -0.1) is 0 Å². The Kier molecular flexibility index (Phi) is 6.91. The van der Waals surface area contributed by atoms with Gasteiger partial charge in [-0.25, -0.2) is 0 Å². The first-order valence-corrected chi connectivity index (χ1v) is 17.2. The molecule has 0 aliphatic heterocycles. The molecular formula is C45H33N3O3. The van der Waals surface area contributed by atoms with Gasteiger partial charge in [0.25, 0.3) is 0 Å². The highest BCUT2D eigenvalue weighted by atomic mass is 16.5. The smallest absolute Gasteiger partial charge is 0.121 e. The Morgan fingerprint density at radius 3 is 0.922 bits per heavy atom. The van der Waals surface area contributed by atoms with Crippen molar-refractivity contribution in [1.82, 2.24) is 15.0 Å². The topological polar surface area (TPSA) is 75.1 Å². The summed E-state index contributed by atoms with van der Waals surface area (Å²) in [6.07, 6.45) is 0. The van der Waals surface area contributed by atoms with Crippen molar-refractivity contribution in [3.05, 3.63) is 162 Å². The molecule has 51 heavy (non-hydrogen) atoms. The van der Waals surface area contributed by atoms with Crippen LogP contribution in [0.5, 0.6) is 17.2 Å². The molecule has 10 aromatic rings. The van der Waals surface area contributed by atoms with Crippen LogP contribution >= 0.6 is 0 Å². The van der Waals surface area contributed by atoms with E-state index in [1.165, 1.54) is 0 Å². The quantitative estimate of drug-likeness (QED) is 0.144. The zero-order valence-electron chi connectivity index (χ0n) is 27.7. The molecule has 3 N–H and O–H groups in total. The maximum Gasteiger partial charge on any atom is 0.121 e. The summed E-state index contributed by atoms with van der Waals surface area (Å²) in [6.45, 7) is 1.53. The second-order valence-corrected chi connectivity index (χ2v) is 13.1. The van der Waals surface area contributed by atoms with Crippen LogP contribution in [0, 0.1) is 0 Å². The molecule has 3 aromatic heterocycles. The molecule has 0 radical (unpaired) electrons. The third kappa shape index (κ3) is 5.20. The molecule has 0 bridgehead atoms. The average Bonchev–Trinajstić information content (AvgIpc) is 3.87. The summed E-state index contributed by atoms with van der Waals surface area (Å²) in [5.74, 6) is 2.46. The van der Waals surface area contributed by atoms with Crippen LogP contribution < -0.4 is 14.2 Å². The van der Waals surface area contributed by atoms with E-state index in [1.54, 1.807) is 0 Å². The SMILES string of the molecule is c1ccc(COc2ccc3c(c2)[nH]c2c3c3[nH]c4cc(OCc5ccccc5)ccc4c3c3[nH]c4cc(OCc5ccccc5)ccc4c23)cc1. The molecule has 0 amide bonds. The van der Waals surface area contributed by atoms with Gasteiger partial charge >= 0.3 is 0 Å². The van der Waals surface area contributed by atoms with Crippen LogP contribution in [0.4, 0.5) is 0 Å². The fourth-order valence-corrected chi connectivity index (χ4v) is 7.36. The number of H-pyrrole nitrogens is 3. The molecule has 0 aliphatic rings. The molecule has 0 aliphatic carbocycles. The Morgan fingerprint density at radius 1 is 0.333 bits per heavy atom. The molecule has 7 aromatic carbocycles. The second kappa shape index (κ2) is 12.0. The molecule has 3 heterocycles. The van der Waals surface area contributed by atoms with Gasteiger partial charge in [-0.2, -0.15) is 0 Å². The number of fused-ring (bicyclic) bond motifs is 12. The third-order valence-corrected chi connectivity index (χ3v) is 9.81. The number of nitrogens with one attached hydrogen (secondary N) is 3. The molecule has 10 rings (SSSR count). The van der Waals surface area contributed by atoms with Gasteiger partial charge in [-0.3, -0.25) is 0 Å². The highest BCUT2D eigenvalue weighted by molar-refractivity contribution is 6.38. The van der Waals surface area contributed by atoms with Crippen molar-refractivity contribution in [2.75, 3.05) is 0 Å². The monoisotopic (exact) mass is 663 g/mol. The minimum atomic E-state index is 0.509. The Balaban J connectivity index is 1.13. The Bertz CT molecular complexity index is 2510. The molecule has 0 atom stereocenters. The molecule has 0 saturated heterocycles. The maximum absolute atomic E-state index is 6.25. The van der Waals surface area contributed by atoms with Crippen molar-refractivity contribution in [2.45, 2.75) is 19.8 Å². The number of rotatable bonds is 9. The fraction of sp³-hybridized carbons (Fsp3) is 0.0667. The average molecular weight is 664 g/mol. The van der Waals surface area contributed by atoms with Crippen LogP contribution in [0.3, 0.4) is 0 Å². The van der Waals surface area contributed by atoms with E-state index in [0.29, 0.717) is 19.8 Å². The van der Waals surface area contributed by atoms with E-state index in [2.05, 4.69) is 106 Å². The lowest BCUT2D eigenvalue weighted by atomic mass is 10.0. The molecule has 0 spiro atoms. The Morgan fingerprint density at radius 2 is 0.627 bits per heavy atom. The van der Waals surface area contributed by atoms with Crippen molar-refractivity contribution in [3.63, 3.8) is 0 Å². The van der Waals surface area contributed by atoms with Crippen molar-refractivity contribution < 1.29 is 14.2 Å². The van der Waals surface area contributed by atoms with E-state index >= 15 is 0 Å². The number of hydrogen-bond donors (Lipinski definition) is 3. The van der Waals surface area contributed by atoms with Gasteiger partial charge in [0.05, 0.1) is 33.1 Å². The van der Waals surface area contributed by atoms with E-state index in [0.717, 1.165) is 99.4 Å². The minimum Gasteiger partial charge on any atom is -0.489 e. The number of ether oxygens (including phenoxy) is 3. The van der Waals surface area contributed by atoms with E-state index in [1.807, 2.05) is 54.6 Å². The van der Waals surface area contributed by atoms with Crippen LogP contribution in [-0.4, -0.2) is 15.0 Å². The summed E-state index contributed by atoms with van der Waals surface area (Å²) in [5, 5.41) is 6.84. The highest BCUT2D eigenvalue weighted by Crippen LogP contribution is 2.45. The molecule has 6 nitrogen and oxygen atoms in total. The minimum absolute atomic E-state index is 0.509. The third-order valence-electron chi connectivity index (χ3n) is 9.81. The summed E-state index contributed by atoms with van der Waals surface area (Å²) in [5.41, 5.74) is 9.68. The van der Waals surface area contributed by atoms with Gasteiger partial charge in [-0.1, -0.05) is 91.0 Å². The van der Waals surface area contributed by atoms with Crippen LogP contribution in [0.2, 0.25) is 0 Å². The van der Waals surface area contributed by atoms with E-state index in [-0.39, 0.29) is 0 Å². The van der Waals surface area contributed by atoms with Gasteiger partial charge in [0.2, 0.25) is 0 Å². The van der Waals surface area contributed by atoms with Gasteiger partial charge in [0.15, 0.2) is 0 Å². The second-order valence-electron chi connectivity index (χ2n) is 13.1. The molecule has 246 valence electrons. The predicted molar refractivity (Wildman–Crippen MR) is 207 cm³/mol.